The molecule has 98 valence electrons. The van der Waals surface area contributed by atoms with Gasteiger partial charge in [0.1, 0.15) is 5.69 Å². The Kier molecular flexibility index (Phi) is 5.03. The van der Waals surface area contributed by atoms with Crippen molar-refractivity contribution in [2.24, 2.45) is 5.92 Å². The van der Waals surface area contributed by atoms with E-state index in [4.69, 9.17) is 0 Å². The van der Waals surface area contributed by atoms with Crippen molar-refractivity contribution >= 4 is 0 Å². The summed E-state index contributed by atoms with van der Waals surface area (Å²) in [5.41, 5.74) is 1.87. The summed E-state index contributed by atoms with van der Waals surface area (Å²) in [5, 5.41) is 14.8. The molecule has 1 aromatic rings. The van der Waals surface area contributed by atoms with E-state index in [2.05, 4.69) is 39.7 Å². The lowest BCUT2D eigenvalue weighted by molar-refractivity contribution is 0.440. The van der Waals surface area contributed by atoms with Crippen LogP contribution in [-0.2, 0) is 12.8 Å². The van der Waals surface area contributed by atoms with E-state index in [-0.39, 0.29) is 0 Å². The molecule has 0 aliphatic carbocycles. The third kappa shape index (κ3) is 3.48. The van der Waals surface area contributed by atoms with Crippen molar-refractivity contribution in [1.29, 1.82) is 0 Å². The monoisotopic (exact) mass is 238 g/mol. The Morgan fingerprint density at radius 3 is 2.35 bits per heavy atom. The molecule has 1 rings (SSSR count). The fraction of sp³-hybridized carbons (Fsp3) is 0.786. The summed E-state index contributed by atoms with van der Waals surface area (Å²) in [7, 11) is 0. The highest BCUT2D eigenvalue weighted by molar-refractivity contribution is 5.33. The third-order valence-electron chi connectivity index (χ3n) is 2.91. The average Bonchev–Trinajstić information content (AvgIpc) is 2.53. The van der Waals surface area contributed by atoms with E-state index >= 15 is 0 Å². The zero-order chi connectivity index (χ0) is 13.0. The average molecular weight is 238 g/mol. The molecule has 0 aliphatic rings. The third-order valence-corrected chi connectivity index (χ3v) is 2.91. The standard InChI is InChI=1S/C14H26N2O/c1-6-7-8-12-14(17)13(9-10(2)3)16(15-12)11(4)5/h10-11,17H,6-9H2,1-5H3. The SMILES string of the molecule is CCCCc1nn(C(C)C)c(CC(C)C)c1O. The second kappa shape index (κ2) is 6.08. The Balaban J connectivity index is 3.02. The summed E-state index contributed by atoms with van der Waals surface area (Å²) < 4.78 is 1.99. The van der Waals surface area contributed by atoms with Crippen LogP contribution in [0.2, 0.25) is 0 Å². The maximum Gasteiger partial charge on any atom is 0.160 e. The van der Waals surface area contributed by atoms with E-state index in [1.165, 1.54) is 0 Å². The molecule has 0 saturated carbocycles. The van der Waals surface area contributed by atoms with Crippen LogP contribution in [0.5, 0.6) is 5.75 Å². The van der Waals surface area contributed by atoms with Gasteiger partial charge in [0, 0.05) is 6.04 Å². The highest BCUT2D eigenvalue weighted by Crippen LogP contribution is 2.28. The van der Waals surface area contributed by atoms with Crippen LogP contribution in [0.3, 0.4) is 0 Å². The van der Waals surface area contributed by atoms with Crippen LogP contribution in [0.1, 0.15) is 64.9 Å². The van der Waals surface area contributed by atoms with E-state index in [1.54, 1.807) is 0 Å². The lowest BCUT2D eigenvalue weighted by Crippen LogP contribution is -2.09. The minimum atomic E-state index is 0.310. The number of aryl methyl sites for hydroxylation is 1. The minimum Gasteiger partial charge on any atom is -0.504 e. The fourth-order valence-corrected chi connectivity index (χ4v) is 2.03. The zero-order valence-corrected chi connectivity index (χ0v) is 11.8. The van der Waals surface area contributed by atoms with Crippen molar-refractivity contribution in [1.82, 2.24) is 9.78 Å². The summed E-state index contributed by atoms with van der Waals surface area (Å²) in [4.78, 5) is 0. The zero-order valence-electron chi connectivity index (χ0n) is 11.8. The van der Waals surface area contributed by atoms with E-state index < -0.39 is 0 Å². The molecule has 1 N–H and O–H groups in total. The van der Waals surface area contributed by atoms with E-state index in [1.807, 2.05) is 4.68 Å². The first kappa shape index (κ1) is 14.1. The topological polar surface area (TPSA) is 38.0 Å². The lowest BCUT2D eigenvalue weighted by Gasteiger charge is -2.12. The highest BCUT2D eigenvalue weighted by atomic mass is 16.3. The van der Waals surface area contributed by atoms with Crippen LogP contribution < -0.4 is 0 Å². The summed E-state index contributed by atoms with van der Waals surface area (Å²) in [6, 6.07) is 0.310. The van der Waals surface area contributed by atoms with Gasteiger partial charge in [0.25, 0.3) is 0 Å². The molecule has 0 unspecified atom stereocenters. The molecule has 0 fully saturated rings. The van der Waals surface area contributed by atoms with Gasteiger partial charge in [-0.25, -0.2) is 0 Å². The smallest absolute Gasteiger partial charge is 0.160 e. The summed E-state index contributed by atoms with van der Waals surface area (Å²) in [5.74, 6) is 0.968. The molecule has 0 spiro atoms. The number of hydrogen-bond donors (Lipinski definition) is 1. The van der Waals surface area contributed by atoms with Gasteiger partial charge in [0.15, 0.2) is 5.75 Å². The van der Waals surface area contributed by atoms with Crippen LogP contribution >= 0.6 is 0 Å². The molecule has 17 heavy (non-hydrogen) atoms. The van der Waals surface area contributed by atoms with Crippen molar-refractivity contribution in [2.75, 3.05) is 0 Å². The van der Waals surface area contributed by atoms with Crippen molar-refractivity contribution in [3.63, 3.8) is 0 Å². The summed E-state index contributed by atoms with van der Waals surface area (Å²) >= 11 is 0. The van der Waals surface area contributed by atoms with Crippen LogP contribution in [-0.4, -0.2) is 14.9 Å². The quantitative estimate of drug-likeness (QED) is 0.820. The van der Waals surface area contributed by atoms with Crippen molar-refractivity contribution in [3.05, 3.63) is 11.4 Å². The molecule has 0 saturated heterocycles. The van der Waals surface area contributed by atoms with E-state index in [0.29, 0.717) is 17.7 Å². The number of rotatable bonds is 6. The van der Waals surface area contributed by atoms with Gasteiger partial charge >= 0.3 is 0 Å². The second-order valence-corrected chi connectivity index (χ2v) is 5.48. The van der Waals surface area contributed by atoms with Gasteiger partial charge in [-0.15, -0.1) is 0 Å². The van der Waals surface area contributed by atoms with Gasteiger partial charge in [-0.3, -0.25) is 4.68 Å². The van der Waals surface area contributed by atoms with Gasteiger partial charge < -0.3 is 5.11 Å². The predicted octanol–water partition coefficient (Wildman–Crippen LogP) is 3.71. The number of nitrogens with zero attached hydrogens (tertiary/aromatic N) is 2. The number of aromatic nitrogens is 2. The number of aromatic hydroxyl groups is 1. The van der Waals surface area contributed by atoms with Gasteiger partial charge in [-0.05, 0) is 39.0 Å². The first-order chi connectivity index (χ1) is 7.97. The maximum absolute atomic E-state index is 10.3. The number of hydrogen-bond acceptors (Lipinski definition) is 2. The van der Waals surface area contributed by atoms with Crippen LogP contribution in [0, 0.1) is 5.92 Å². The first-order valence-corrected chi connectivity index (χ1v) is 6.76. The molecule has 1 heterocycles. The molecular weight excluding hydrogens is 212 g/mol. The molecule has 0 amide bonds. The Hall–Kier alpha value is -0.990. The number of unbranched alkanes of at least 4 members (excludes halogenated alkanes) is 1. The second-order valence-electron chi connectivity index (χ2n) is 5.48. The molecule has 3 nitrogen and oxygen atoms in total. The Bertz CT molecular complexity index is 353. The van der Waals surface area contributed by atoms with Gasteiger partial charge in [0.05, 0.1) is 5.69 Å². The minimum absolute atomic E-state index is 0.310. The molecule has 0 aliphatic heterocycles. The molecular formula is C14H26N2O. The summed E-state index contributed by atoms with van der Waals surface area (Å²) in [6.07, 6.45) is 3.99. The van der Waals surface area contributed by atoms with E-state index in [0.717, 1.165) is 37.1 Å². The Labute approximate surface area is 105 Å². The fourth-order valence-electron chi connectivity index (χ4n) is 2.03. The normalized spacial score (nSPS) is 11.7. The Morgan fingerprint density at radius 2 is 1.88 bits per heavy atom. The lowest BCUT2D eigenvalue weighted by atomic mass is 10.1. The van der Waals surface area contributed by atoms with Crippen molar-refractivity contribution in [3.8, 4) is 5.75 Å². The molecule has 3 heteroatoms. The largest absolute Gasteiger partial charge is 0.504 e. The molecule has 0 aromatic carbocycles. The van der Waals surface area contributed by atoms with E-state index in [9.17, 15) is 5.11 Å². The van der Waals surface area contributed by atoms with Gasteiger partial charge in [0.2, 0.25) is 0 Å². The molecule has 1 aromatic heterocycles. The summed E-state index contributed by atoms with van der Waals surface area (Å²) in [6.45, 7) is 10.7. The highest BCUT2D eigenvalue weighted by Gasteiger charge is 2.18. The van der Waals surface area contributed by atoms with Crippen LogP contribution in [0.25, 0.3) is 0 Å². The van der Waals surface area contributed by atoms with Crippen LogP contribution in [0.4, 0.5) is 0 Å². The molecule has 0 atom stereocenters. The van der Waals surface area contributed by atoms with Gasteiger partial charge in [-0.1, -0.05) is 27.2 Å². The van der Waals surface area contributed by atoms with Crippen molar-refractivity contribution < 1.29 is 5.11 Å². The van der Waals surface area contributed by atoms with Crippen LogP contribution in [0.15, 0.2) is 0 Å². The van der Waals surface area contributed by atoms with Crippen molar-refractivity contribution in [2.45, 2.75) is 66.3 Å². The molecule has 0 bridgehead atoms. The first-order valence-electron chi connectivity index (χ1n) is 6.76. The maximum atomic E-state index is 10.3. The predicted molar refractivity (Wildman–Crippen MR) is 71.4 cm³/mol. The molecule has 0 radical (unpaired) electrons. The van der Waals surface area contributed by atoms with Gasteiger partial charge in [-0.2, -0.15) is 5.10 Å². The Morgan fingerprint density at radius 1 is 1.24 bits per heavy atom.